The lowest BCUT2D eigenvalue weighted by molar-refractivity contribution is -0.121. The molecule has 162 valence electrons. The number of likely N-dealkylation sites (tertiary alicyclic amines) is 1. The molecule has 2 aromatic heterocycles. The number of rotatable bonds is 3. The molecule has 6 rings (SSSR count). The number of amides is 2. The third kappa shape index (κ3) is 2.82. The van der Waals surface area contributed by atoms with Gasteiger partial charge in [0.25, 0.3) is 5.91 Å². The number of carbonyl (C=O) groups is 2. The molecule has 2 N–H and O–H groups in total. The van der Waals surface area contributed by atoms with Gasteiger partial charge in [-0.05, 0) is 35.7 Å². The van der Waals surface area contributed by atoms with E-state index in [1.165, 1.54) is 0 Å². The van der Waals surface area contributed by atoms with E-state index >= 15 is 0 Å². The lowest BCUT2D eigenvalue weighted by Gasteiger charge is -2.34. The van der Waals surface area contributed by atoms with Crippen LogP contribution in [0.1, 0.15) is 33.9 Å². The summed E-state index contributed by atoms with van der Waals surface area (Å²) in [7, 11) is 0. The second-order valence-corrected chi connectivity index (χ2v) is 8.39. The van der Waals surface area contributed by atoms with Gasteiger partial charge in [-0.2, -0.15) is 0 Å². The van der Waals surface area contributed by atoms with Gasteiger partial charge in [-0.15, -0.1) is 0 Å². The second-order valence-electron chi connectivity index (χ2n) is 8.39. The molecule has 1 spiro atoms. The number of imidazole rings is 1. The zero-order valence-corrected chi connectivity index (χ0v) is 17.7. The first-order valence-corrected chi connectivity index (χ1v) is 10.9. The van der Waals surface area contributed by atoms with Crippen LogP contribution in [0.4, 0.5) is 5.69 Å². The predicted octanol–water partition coefficient (Wildman–Crippen LogP) is 3.95. The molecule has 33 heavy (non-hydrogen) atoms. The van der Waals surface area contributed by atoms with Gasteiger partial charge in [0.05, 0.1) is 11.6 Å². The molecule has 2 atom stereocenters. The van der Waals surface area contributed by atoms with Gasteiger partial charge in [-0.1, -0.05) is 42.5 Å². The van der Waals surface area contributed by atoms with Gasteiger partial charge in [-0.25, -0.2) is 4.98 Å². The Morgan fingerprint density at radius 3 is 2.70 bits per heavy atom. The SMILES string of the molecule is O=C(c1ccccc1-c1ncc[nH]1)N1CCC2(C(=O)Nc3ccccc32)C1c1cccnc1. The maximum absolute atomic E-state index is 14.0. The van der Waals surface area contributed by atoms with Crippen LogP contribution in [0.5, 0.6) is 0 Å². The quantitative estimate of drug-likeness (QED) is 0.510. The second kappa shape index (κ2) is 7.41. The molecule has 2 aromatic carbocycles. The molecule has 2 aliphatic rings. The van der Waals surface area contributed by atoms with Crippen LogP contribution in [0.3, 0.4) is 0 Å². The van der Waals surface area contributed by atoms with Crippen LogP contribution in [0.25, 0.3) is 11.4 Å². The Balaban J connectivity index is 1.50. The number of hydrogen-bond acceptors (Lipinski definition) is 4. The van der Waals surface area contributed by atoms with E-state index in [2.05, 4.69) is 20.3 Å². The first-order chi connectivity index (χ1) is 16.2. The van der Waals surface area contributed by atoms with Gasteiger partial charge in [0.2, 0.25) is 5.91 Å². The molecule has 4 aromatic rings. The van der Waals surface area contributed by atoms with Gasteiger partial charge in [0.15, 0.2) is 0 Å². The highest BCUT2D eigenvalue weighted by Gasteiger charge is 2.59. The number of aromatic amines is 1. The van der Waals surface area contributed by atoms with Crippen LogP contribution < -0.4 is 5.32 Å². The molecule has 1 fully saturated rings. The van der Waals surface area contributed by atoms with E-state index in [0.717, 1.165) is 22.4 Å². The Hall–Kier alpha value is -4.26. The summed E-state index contributed by atoms with van der Waals surface area (Å²) >= 11 is 0. The Morgan fingerprint density at radius 1 is 1.03 bits per heavy atom. The summed E-state index contributed by atoms with van der Waals surface area (Å²) in [5.74, 6) is 0.423. The number of benzene rings is 2. The molecule has 0 aliphatic carbocycles. The predicted molar refractivity (Wildman–Crippen MR) is 123 cm³/mol. The third-order valence-corrected chi connectivity index (χ3v) is 6.76. The van der Waals surface area contributed by atoms with Crippen molar-refractivity contribution < 1.29 is 9.59 Å². The Morgan fingerprint density at radius 2 is 1.88 bits per heavy atom. The van der Waals surface area contributed by atoms with E-state index in [9.17, 15) is 9.59 Å². The molecule has 4 heterocycles. The highest BCUT2D eigenvalue weighted by molar-refractivity contribution is 6.09. The van der Waals surface area contributed by atoms with Gasteiger partial charge >= 0.3 is 0 Å². The van der Waals surface area contributed by atoms with Crippen LogP contribution >= 0.6 is 0 Å². The van der Waals surface area contributed by atoms with Crippen molar-refractivity contribution in [2.24, 2.45) is 0 Å². The topological polar surface area (TPSA) is 91.0 Å². The number of anilines is 1. The van der Waals surface area contributed by atoms with Crippen LogP contribution in [-0.4, -0.2) is 38.2 Å². The van der Waals surface area contributed by atoms with Gasteiger partial charge in [0, 0.05) is 42.6 Å². The summed E-state index contributed by atoms with van der Waals surface area (Å²) in [5.41, 5.74) is 2.99. The maximum atomic E-state index is 14.0. The van der Waals surface area contributed by atoms with Crippen molar-refractivity contribution in [1.29, 1.82) is 0 Å². The van der Waals surface area contributed by atoms with Crippen molar-refractivity contribution in [2.45, 2.75) is 17.9 Å². The van der Waals surface area contributed by atoms with E-state index in [1.807, 2.05) is 65.6 Å². The van der Waals surface area contributed by atoms with E-state index in [4.69, 9.17) is 0 Å². The summed E-state index contributed by atoms with van der Waals surface area (Å²) in [4.78, 5) is 41.1. The smallest absolute Gasteiger partial charge is 0.255 e. The molecule has 7 heteroatoms. The number of carbonyl (C=O) groups excluding carboxylic acids is 2. The van der Waals surface area contributed by atoms with Gasteiger partial charge < -0.3 is 15.2 Å². The minimum Gasteiger partial charge on any atom is -0.345 e. The van der Waals surface area contributed by atoms with Crippen molar-refractivity contribution in [3.8, 4) is 11.4 Å². The number of para-hydroxylation sites is 1. The Bertz CT molecular complexity index is 1350. The van der Waals surface area contributed by atoms with Crippen molar-refractivity contribution in [3.05, 3.63) is 102 Å². The number of H-pyrrole nitrogens is 1. The molecule has 7 nitrogen and oxygen atoms in total. The van der Waals surface area contributed by atoms with Crippen molar-refractivity contribution in [1.82, 2.24) is 19.9 Å². The summed E-state index contributed by atoms with van der Waals surface area (Å²) < 4.78 is 0. The lowest BCUT2D eigenvalue weighted by atomic mass is 9.73. The van der Waals surface area contributed by atoms with Crippen molar-refractivity contribution in [3.63, 3.8) is 0 Å². The van der Waals surface area contributed by atoms with Crippen LogP contribution in [0, 0.1) is 0 Å². The fraction of sp³-hybridized carbons (Fsp3) is 0.154. The monoisotopic (exact) mass is 435 g/mol. The molecule has 0 radical (unpaired) electrons. The highest BCUT2D eigenvalue weighted by atomic mass is 16.2. The largest absolute Gasteiger partial charge is 0.345 e. The minimum absolute atomic E-state index is 0.0767. The Labute approximate surface area is 190 Å². The third-order valence-electron chi connectivity index (χ3n) is 6.76. The van der Waals surface area contributed by atoms with Gasteiger partial charge in [0.1, 0.15) is 11.2 Å². The number of fused-ring (bicyclic) bond motifs is 2. The fourth-order valence-corrected chi connectivity index (χ4v) is 5.35. The number of pyridine rings is 1. The number of nitrogens with one attached hydrogen (secondary N) is 2. The maximum Gasteiger partial charge on any atom is 0.255 e. The minimum atomic E-state index is -0.866. The molecule has 0 bridgehead atoms. The Kier molecular flexibility index (Phi) is 4.36. The lowest BCUT2D eigenvalue weighted by Crippen LogP contribution is -2.42. The van der Waals surface area contributed by atoms with E-state index in [0.29, 0.717) is 24.4 Å². The van der Waals surface area contributed by atoms with Gasteiger partial charge in [-0.3, -0.25) is 14.6 Å². The van der Waals surface area contributed by atoms with Crippen LogP contribution in [-0.2, 0) is 10.2 Å². The first-order valence-electron chi connectivity index (χ1n) is 10.9. The summed E-state index contributed by atoms with van der Waals surface area (Å²) in [6.45, 7) is 0.451. The zero-order chi connectivity index (χ0) is 22.4. The zero-order valence-electron chi connectivity index (χ0n) is 17.7. The normalized spacial score (nSPS) is 21.3. The van der Waals surface area contributed by atoms with Crippen molar-refractivity contribution >= 4 is 17.5 Å². The summed E-state index contributed by atoms with van der Waals surface area (Å²) in [5, 5.41) is 3.05. The number of hydrogen-bond donors (Lipinski definition) is 2. The molecule has 2 amide bonds. The fourth-order valence-electron chi connectivity index (χ4n) is 5.35. The van der Waals surface area contributed by atoms with E-state index in [-0.39, 0.29) is 11.8 Å². The summed E-state index contributed by atoms with van der Waals surface area (Å²) in [6, 6.07) is 18.5. The molecule has 1 saturated heterocycles. The highest BCUT2D eigenvalue weighted by Crippen LogP contribution is 2.55. The molecular weight excluding hydrogens is 414 g/mol. The van der Waals surface area contributed by atoms with Crippen LogP contribution in [0.2, 0.25) is 0 Å². The van der Waals surface area contributed by atoms with Crippen molar-refractivity contribution in [2.75, 3.05) is 11.9 Å². The molecule has 0 saturated carbocycles. The molecular formula is C26H21N5O2. The van der Waals surface area contributed by atoms with E-state index in [1.54, 1.807) is 24.8 Å². The molecule has 2 unspecified atom stereocenters. The molecule has 2 aliphatic heterocycles. The average molecular weight is 435 g/mol. The number of nitrogens with zero attached hydrogens (tertiary/aromatic N) is 3. The first kappa shape index (κ1) is 19.4. The number of aromatic nitrogens is 3. The van der Waals surface area contributed by atoms with E-state index < -0.39 is 11.5 Å². The van der Waals surface area contributed by atoms with Crippen LogP contribution in [0.15, 0.2) is 85.5 Å². The summed E-state index contributed by atoms with van der Waals surface area (Å²) in [6.07, 6.45) is 7.39. The standard InChI is InChI=1S/C26H21N5O2/c32-24(19-8-2-1-7-18(19)23-28-13-14-29-23)31-15-11-26(22(31)17-6-5-12-27-16-17)20-9-3-4-10-21(20)30-25(26)33/h1-10,12-14,16,22H,11,15H2,(H,28,29)(H,30,33). The average Bonchev–Trinajstić information content (AvgIpc) is 3.59.